The van der Waals surface area contributed by atoms with Crippen LogP contribution in [0.15, 0.2) is 36.5 Å². The van der Waals surface area contributed by atoms with Gasteiger partial charge in [0.05, 0.1) is 6.20 Å². The molecule has 0 unspecified atom stereocenters. The zero-order chi connectivity index (χ0) is 15.0. The normalized spacial score (nSPS) is 10.8. The van der Waals surface area contributed by atoms with E-state index in [2.05, 4.69) is 21.5 Å². The second-order valence-corrected chi connectivity index (χ2v) is 4.94. The van der Waals surface area contributed by atoms with Crippen LogP contribution >= 0.6 is 0 Å². The quantitative estimate of drug-likeness (QED) is 0.772. The molecule has 6 nitrogen and oxygen atoms in total. The number of carboxylic acids is 1. The van der Waals surface area contributed by atoms with Crippen LogP contribution in [0.4, 0.5) is 11.5 Å². The van der Waals surface area contributed by atoms with Crippen LogP contribution in [0.3, 0.4) is 0 Å². The highest BCUT2D eigenvalue weighted by molar-refractivity contribution is 5.86. The number of hydrogen-bond donors (Lipinski definition) is 2. The number of aromatic carboxylic acids is 1. The fraction of sp³-hybridized carbons (Fsp3) is 0.133. The lowest BCUT2D eigenvalue weighted by Gasteiger charge is -2.08. The van der Waals surface area contributed by atoms with Gasteiger partial charge < -0.3 is 10.4 Å². The number of imidazole rings is 1. The Morgan fingerprint density at radius 1 is 1.19 bits per heavy atom. The molecular formula is C15H14N4O2. The zero-order valence-corrected chi connectivity index (χ0v) is 11.7. The molecule has 0 fully saturated rings. The van der Waals surface area contributed by atoms with E-state index in [-0.39, 0.29) is 5.69 Å². The first kappa shape index (κ1) is 13.1. The van der Waals surface area contributed by atoms with Gasteiger partial charge in [0.15, 0.2) is 17.2 Å². The Bertz CT molecular complexity index is 819. The Morgan fingerprint density at radius 2 is 1.90 bits per heavy atom. The minimum Gasteiger partial charge on any atom is -0.476 e. The predicted octanol–water partition coefficient (Wildman–Crippen LogP) is 2.79. The summed E-state index contributed by atoms with van der Waals surface area (Å²) in [6.07, 6.45) is 1.30. The van der Waals surface area contributed by atoms with E-state index in [4.69, 9.17) is 5.11 Å². The number of aryl methyl sites for hydroxylation is 2. The molecule has 0 bridgehead atoms. The van der Waals surface area contributed by atoms with Crippen LogP contribution in [-0.4, -0.2) is 25.7 Å². The van der Waals surface area contributed by atoms with Crippen LogP contribution in [0.25, 0.3) is 5.65 Å². The van der Waals surface area contributed by atoms with Gasteiger partial charge in [-0.25, -0.2) is 14.3 Å². The van der Waals surface area contributed by atoms with Crippen LogP contribution in [0.2, 0.25) is 0 Å². The average molecular weight is 282 g/mol. The number of rotatable bonds is 3. The standard InChI is InChI=1S/C15H14N4O2/c1-9-5-10(2)7-11(6-9)17-13-3-4-14-16-8-12(15(20)21)19(14)18-13/h3-8H,1-2H3,(H,17,18)(H,20,21). The molecule has 0 amide bonds. The largest absolute Gasteiger partial charge is 0.476 e. The van der Waals surface area contributed by atoms with Crippen molar-refractivity contribution in [2.24, 2.45) is 0 Å². The highest BCUT2D eigenvalue weighted by atomic mass is 16.4. The third-order valence-corrected chi connectivity index (χ3v) is 3.08. The van der Waals surface area contributed by atoms with Crippen molar-refractivity contribution in [3.05, 3.63) is 53.3 Å². The Hall–Kier alpha value is -2.89. The maximum atomic E-state index is 11.1. The van der Waals surface area contributed by atoms with E-state index in [1.54, 1.807) is 12.1 Å². The molecule has 2 N–H and O–H groups in total. The van der Waals surface area contributed by atoms with Gasteiger partial charge in [0.25, 0.3) is 0 Å². The number of fused-ring (bicyclic) bond motifs is 1. The summed E-state index contributed by atoms with van der Waals surface area (Å²) in [4.78, 5) is 15.1. The summed E-state index contributed by atoms with van der Waals surface area (Å²) >= 11 is 0. The molecule has 6 heteroatoms. The Balaban J connectivity index is 2.00. The molecule has 3 aromatic rings. The van der Waals surface area contributed by atoms with Gasteiger partial charge in [-0.1, -0.05) is 6.07 Å². The van der Waals surface area contributed by atoms with Gasteiger partial charge in [0.2, 0.25) is 0 Å². The Labute approximate surface area is 121 Å². The molecule has 3 rings (SSSR count). The molecule has 0 aliphatic heterocycles. The number of carboxylic acid groups (broad SMARTS) is 1. The molecule has 2 heterocycles. The Morgan fingerprint density at radius 3 is 2.57 bits per heavy atom. The van der Waals surface area contributed by atoms with E-state index in [1.807, 2.05) is 26.0 Å². The topological polar surface area (TPSA) is 79.5 Å². The summed E-state index contributed by atoms with van der Waals surface area (Å²) in [5.74, 6) is -0.494. The number of benzene rings is 1. The third-order valence-electron chi connectivity index (χ3n) is 3.08. The maximum Gasteiger partial charge on any atom is 0.356 e. The molecule has 106 valence electrons. The molecule has 0 aliphatic rings. The molecule has 0 aliphatic carbocycles. The fourth-order valence-electron chi connectivity index (χ4n) is 2.28. The lowest BCUT2D eigenvalue weighted by Crippen LogP contribution is -2.06. The average Bonchev–Trinajstić information content (AvgIpc) is 2.80. The van der Waals surface area contributed by atoms with Crippen molar-refractivity contribution < 1.29 is 9.90 Å². The molecule has 1 aromatic carbocycles. The SMILES string of the molecule is Cc1cc(C)cc(Nc2ccc3ncc(C(=O)O)n3n2)c1. The summed E-state index contributed by atoms with van der Waals surface area (Å²) in [7, 11) is 0. The van der Waals surface area contributed by atoms with Crippen LogP contribution in [0, 0.1) is 13.8 Å². The highest BCUT2D eigenvalue weighted by Gasteiger charge is 2.11. The molecule has 0 radical (unpaired) electrons. The second-order valence-electron chi connectivity index (χ2n) is 4.94. The number of nitrogens with zero attached hydrogens (tertiary/aromatic N) is 3. The van der Waals surface area contributed by atoms with Crippen LogP contribution < -0.4 is 5.32 Å². The fourth-order valence-corrected chi connectivity index (χ4v) is 2.28. The van der Waals surface area contributed by atoms with E-state index in [0.717, 1.165) is 16.8 Å². The van der Waals surface area contributed by atoms with Gasteiger partial charge in [-0.2, -0.15) is 0 Å². The van der Waals surface area contributed by atoms with Gasteiger partial charge in [-0.15, -0.1) is 5.10 Å². The predicted molar refractivity (Wildman–Crippen MR) is 79.1 cm³/mol. The second kappa shape index (κ2) is 4.90. The number of aromatic nitrogens is 3. The summed E-state index contributed by atoms with van der Waals surface area (Å²) in [5, 5.41) is 16.6. The minimum atomic E-state index is -1.06. The summed E-state index contributed by atoms with van der Waals surface area (Å²) in [6.45, 7) is 4.04. The first-order chi connectivity index (χ1) is 10.0. The summed E-state index contributed by atoms with van der Waals surface area (Å²) < 4.78 is 1.31. The number of nitrogens with one attached hydrogen (secondary N) is 1. The third kappa shape index (κ3) is 2.55. The van der Waals surface area contributed by atoms with E-state index >= 15 is 0 Å². The summed E-state index contributed by atoms with van der Waals surface area (Å²) in [5.41, 5.74) is 3.74. The lowest BCUT2D eigenvalue weighted by atomic mass is 10.1. The molecule has 0 spiro atoms. The molecule has 0 atom stereocenters. The molecular weight excluding hydrogens is 268 g/mol. The van der Waals surface area contributed by atoms with Crippen LogP contribution in [0.5, 0.6) is 0 Å². The number of hydrogen-bond acceptors (Lipinski definition) is 4. The molecule has 21 heavy (non-hydrogen) atoms. The van der Waals surface area contributed by atoms with Crippen LogP contribution in [0.1, 0.15) is 21.6 Å². The molecule has 0 saturated heterocycles. The van der Waals surface area contributed by atoms with Gasteiger partial charge in [0.1, 0.15) is 0 Å². The van der Waals surface area contributed by atoms with Crippen molar-refractivity contribution in [2.75, 3.05) is 5.32 Å². The number of anilines is 2. The Kier molecular flexibility index (Phi) is 3.06. The highest BCUT2D eigenvalue weighted by Crippen LogP contribution is 2.18. The van der Waals surface area contributed by atoms with E-state index in [0.29, 0.717) is 11.5 Å². The van der Waals surface area contributed by atoms with E-state index in [9.17, 15) is 4.79 Å². The molecule has 0 saturated carbocycles. The van der Waals surface area contributed by atoms with Crippen molar-refractivity contribution >= 4 is 23.1 Å². The number of carbonyl (C=O) groups is 1. The first-order valence-electron chi connectivity index (χ1n) is 6.46. The van der Waals surface area contributed by atoms with Crippen molar-refractivity contribution in [2.45, 2.75) is 13.8 Å². The van der Waals surface area contributed by atoms with Gasteiger partial charge in [-0.3, -0.25) is 0 Å². The van der Waals surface area contributed by atoms with Gasteiger partial charge in [-0.05, 0) is 49.2 Å². The van der Waals surface area contributed by atoms with Gasteiger partial charge in [0, 0.05) is 5.69 Å². The first-order valence-corrected chi connectivity index (χ1v) is 6.46. The van der Waals surface area contributed by atoms with Crippen molar-refractivity contribution in [3.8, 4) is 0 Å². The molecule has 2 aromatic heterocycles. The zero-order valence-electron chi connectivity index (χ0n) is 11.7. The van der Waals surface area contributed by atoms with Crippen molar-refractivity contribution in [1.29, 1.82) is 0 Å². The minimum absolute atomic E-state index is 0.0362. The van der Waals surface area contributed by atoms with E-state index in [1.165, 1.54) is 10.7 Å². The van der Waals surface area contributed by atoms with Crippen LogP contribution in [-0.2, 0) is 0 Å². The lowest BCUT2D eigenvalue weighted by molar-refractivity contribution is 0.0688. The summed E-state index contributed by atoms with van der Waals surface area (Å²) in [6, 6.07) is 9.59. The van der Waals surface area contributed by atoms with Crippen molar-refractivity contribution in [3.63, 3.8) is 0 Å². The van der Waals surface area contributed by atoms with Crippen molar-refractivity contribution in [1.82, 2.24) is 14.6 Å². The smallest absolute Gasteiger partial charge is 0.356 e. The van der Waals surface area contributed by atoms with E-state index < -0.39 is 5.97 Å². The maximum absolute atomic E-state index is 11.1. The van der Waals surface area contributed by atoms with Gasteiger partial charge >= 0.3 is 5.97 Å². The monoisotopic (exact) mass is 282 g/mol.